The molecule has 7 nitrogen and oxygen atoms in total. The Morgan fingerprint density at radius 1 is 1.12 bits per heavy atom. The second-order valence-corrected chi connectivity index (χ2v) is 11.2. The number of sulfonamides is 1. The van der Waals surface area contributed by atoms with E-state index >= 15 is 0 Å². The Bertz CT molecular complexity index is 1100. The van der Waals surface area contributed by atoms with Crippen LogP contribution < -0.4 is 10.6 Å². The topological polar surface area (TPSA) is 92.4 Å². The summed E-state index contributed by atoms with van der Waals surface area (Å²) in [6, 6.07) is 5.01. The molecule has 1 saturated carbocycles. The highest BCUT2D eigenvalue weighted by Gasteiger charge is 2.51. The first-order valence-electron chi connectivity index (χ1n) is 11.5. The van der Waals surface area contributed by atoms with Crippen molar-refractivity contribution < 1.29 is 21.6 Å². The summed E-state index contributed by atoms with van der Waals surface area (Å²) in [6.07, 6.45) is 8.93. The smallest absolute Gasteiger partial charge is 0.396 e. The fraction of sp³-hybridized carbons (Fsp3) is 0.565. The van der Waals surface area contributed by atoms with Gasteiger partial charge in [-0.05, 0) is 42.9 Å². The molecule has 0 radical (unpaired) electrons. The summed E-state index contributed by atoms with van der Waals surface area (Å²) < 4.78 is 66.4. The maximum Gasteiger partial charge on any atom is 0.511 e. The largest absolute Gasteiger partial charge is 0.511 e. The molecular formula is C23H30F3N5O2S. The fourth-order valence-corrected chi connectivity index (χ4v) is 6.01. The van der Waals surface area contributed by atoms with Crippen molar-refractivity contribution in [1.82, 2.24) is 14.3 Å². The summed E-state index contributed by atoms with van der Waals surface area (Å²) in [5.41, 5.74) is 2.79. The maximum absolute atomic E-state index is 13.6. The molecule has 0 saturated heterocycles. The van der Waals surface area contributed by atoms with Crippen LogP contribution in [-0.2, 0) is 23.1 Å². The minimum absolute atomic E-state index is 0.242. The van der Waals surface area contributed by atoms with Gasteiger partial charge in [-0.2, -0.15) is 17.5 Å². The third kappa shape index (κ3) is 5.14. The monoisotopic (exact) mass is 497 g/mol. The van der Waals surface area contributed by atoms with Crippen molar-refractivity contribution in [3.8, 4) is 0 Å². The normalized spacial score (nSPS) is 20.4. The van der Waals surface area contributed by atoms with Crippen LogP contribution in [0.3, 0.4) is 0 Å². The molecule has 1 atom stereocenters. The molecule has 0 unspecified atom stereocenters. The average Bonchev–Trinajstić information content (AvgIpc) is 3.24. The summed E-state index contributed by atoms with van der Waals surface area (Å²) in [5.74, 6) is 0.988. The molecule has 11 heteroatoms. The summed E-state index contributed by atoms with van der Waals surface area (Å²) >= 11 is 0. The van der Waals surface area contributed by atoms with E-state index in [1.165, 1.54) is 12.4 Å². The van der Waals surface area contributed by atoms with Crippen LogP contribution in [0, 0.1) is 12.8 Å². The van der Waals surface area contributed by atoms with E-state index in [1.807, 2.05) is 17.0 Å². The maximum atomic E-state index is 13.6. The van der Waals surface area contributed by atoms with E-state index in [1.54, 1.807) is 13.0 Å². The zero-order valence-corrected chi connectivity index (χ0v) is 19.9. The number of nitrogens with two attached hydrogens (primary N) is 1. The first-order chi connectivity index (χ1) is 16.1. The molecule has 2 aliphatic rings. The Morgan fingerprint density at radius 2 is 1.79 bits per heavy atom. The first-order valence-corrected chi connectivity index (χ1v) is 13.0. The summed E-state index contributed by atoms with van der Waals surface area (Å²) in [6.45, 7) is 1.44. The van der Waals surface area contributed by atoms with Crippen molar-refractivity contribution in [3.05, 3.63) is 47.5 Å². The number of alkyl halides is 3. The van der Waals surface area contributed by atoms with Gasteiger partial charge < -0.3 is 10.6 Å². The molecule has 1 aliphatic heterocycles. The van der Waals surface area contributed by atoms with Crippen LogP contribution >= 0.6 is 0 Å². The molecule has 0 spiro atoms. The van der Waals surface area contributed by atoms with Crippen molar-refractivity contribution in [2.75, 3.05) is 17.2 Å². The molecule has 1 aliphatic carbocycles. The van der Waals surface area contributed by atoms with Crippen molar-refractivity contribution in [2.24, 2.45) is 5.92 Å². The van der Waals surface area contributed by atoms with Gasteiger partial charge in [0.25, 0.3) is 0 Å². The van der Waals surface area contributed by atoms with E-state index in [0.29, 0.717) is 33.7 Å². The zero-order valence-electron chi connectivity index (χ0n) is 19.1. The second-order valence-electron chi connectivity index (χ2n) is 9.26. The van der Waals surface area contributed by atoms with Crippen LogP contribution in [0.2, 0.25) is 0 Å². The number of hydrogen-bond acceptors (Lipinski definition) is 6. The molecule has 0 amide bonds. The summed E-state index contributed by atoms with van der Waals surface area (Å²) in [5, 5.41) is 0. The number of anilines is 2. The van der Waals surface area contributed by atoms with Crippen LogP contribution in [0.4, 0.5) is 24.5 Å². The van der Waals surface area contributed by atoms with Gasteiger partial charge in [0.15, 0.2) is 0 Å². The fourth-order valence-electron chi connectivity index (χ4n) is 5.05. The van der Waals surface area contributed by atoms with Gasteiger partial charge in [0.05, 0.1) is 24.6 Å². The molecule has 1 aromatic carbocycles. The SMILES string of the molecule is Cc1cccc2c1CN(S(=O)(=O)C(F)(F)F)C[C@H](CCC1CCCC1)N2Cc1ncc(N)cn1. The van der Waals surface area contributed by atoms with Gasteiger partial charge in [0, 0.05) is 24.8 Å². The lowest BCUT2D eigenvalue weighted by Gasteiger charge is -2.34. The van der Waals surface area contributed by atoms with Gasteiger partial charge in [-0.25, -0.2) is 18.4 Å². The van der Waals surface area contributed by atoms with Gasteiger partial charge in [0.2, 0.25) is 0 Å². The molecule has 2 N–H and O–H groups in total. The minimum atomic E-state index is -5.50. The van der Waals surface area contributed by atoms with Gasteiger partial charge >= 0.3 is 15.5 Å². The lowest BCUT2D eigenvalue weighted by Crippen LogP contribution is -2.47. The van der Waals surface area contributed by atoms with E-state index in [2.05, 4.69) is 9.97 Å². The predicted molar refractivity (Wildman–Crippen MR) is 124 cm³/mol. The third-order valence-electron chi connectivity index (χ3n) is 6.94. The number of rotatable bonds is 6. The Kier molecular flexibility index (Phi) is 7.04. The average molecular weight is 498 g/mol. The molecule has 186 valence electrons. The number of nitrogen functional groups attached to an aromatic ring is 1. The van der Waals surface area contributed by atoms with Gasteiger partial charge in [-0.3, -0.25) is 0 Å². The number of benzene rings is 1. The van der Waals surface area contributed by atoms with Crippen molar-refractivity contribution in [1.29, 1.82) is 0 Å². The van der Waals surface area contributed by atoms with Crippen LogP contribution in [0.15, 0.2) is 30.6 Å². The highest BCUT2D eigenvalue weighted by atomic mass is 32.2. The standard InChI is InChI=1S/C23H30F3N5O2S/c1-16-5-4-8-21-20(16)14-30(34(32,33)23(24,25)26)13-19(10-9-17-6-2-3-7-17)31(21)15-22-28-11-18(27)12-29-22/h4-5,8,11-12,17,19H,2-3,6-7,9-10,13-15,27H2,1H3/t19-/m0/s1. The highest BCUT2D eigenvalue weighted by molar-refractivity contribution is 7.89. The Labute approximate surface area is 198 Å². The highest BCUT2D eigenvalue weighted by Crippen LogP contribution is 2.38. The van der Waals surface area contributed by atoms with E-state index in [0.717, 1.165) is 43.4 Å². The van der Waals surface area contributed by atoms with E-state index in [4.69, 9.17) is 5.73 Å². The molecule has 4 rings (SSSR count). The van der Waals surface area contributed by atoms with Crippen molar-refractivity contribution in [3.63, 3.8) is 0 Å². The van der Waals surface area contributed by atoms with Gasteiger partial charge in [0.1, 0.15) is 5.82 Å². The van der Waals surface area contributed by atoms with Gasteiger partial charge in [-0.15, -0.1) is 0 Å². The van der Waals surface area contributed by atoms with Crippen LogP contribution in [0.5, 0.6) is 0 Å². The molecule has 2 heterocycles. The Morgan fingerprint density at radius 3 is 2.44 bits per heavy atom. The van der Waals surface area contributed by atoms with Crippen LogP contribution in [0.25, 0.3) is 0 Å². The quantitative estimate of drug-likeness (QED) is 0.637. The second kappa shape index (κ2) is 9.69. The van der Waals surface area contributed by atoms with E-state index in [9.17, 15) is 21.6 Å². The minimum Gasteiger partial charge on any atom is -0.396 e. The van der Waals surface area contributed by atoms with E-state index < -0.39 is 21.6 Å². The number of hydrogen-bond donors (Lipinski definition) is 1. The van der Waals surface area contributed by atoms with Crippen molar-refractivity contribution >= 4 is 21.4 Å². The molecule has 0 bridgehead atoms. The summed E-state index contributed by atoms with van der Waals surface area (Å²) in [4.78, 5) is 10.6. The number of fused-ring (bicyclic) bond motifs is 1. The van der Waals surface area contributed by atoms with Crippen LogP contribution in [0.1, 0.15) is 55.5 Å². The first kappa shape index (κ1) is 24.7. The lowest BCUT2D eigenvalue weighted by atomic mass is 9.97. The predicted octanol–water partition coefficient (Wildman–Crippen LogP) is 4.38. The number of nitrogens with zero attached hydrogens (tertiary/aromatic N) is 4. The third-order valence-corrected chi connectivity index (χ3v) is 8.48. The lowest BCUT2D eigenvalue weighted by molar-refractivity contribution is -0.0492. The number of aryl methyl sites for hydroxylation is 1. The Balaban J connectivity index is 1.75. The number of aromatic nitrogens is 2. The molecule has 34 heavy (non-hydrogen) atoms. The zero-order chi connectivity index (χ0) is 24.5. The van der Waals surface area contributed by atoms with Crippen LogP contribution in [-0.4, -0.2) is 40.8 Å². The van der Waals surface area contributed by atoms with E-state index in [-0.39, 0.29) is 19.6 Å². The Hall–Kier alpha value is -2.40. The summed E-state index contributed by atoms with van der Waals surface area (Å²) in [7, 11) is -5.50. The molecule has 1 fully saturated rings. The number of halogens is 3. The molecule has 1 aromatic heterocycles. The van der Waals surface area contributed by atoms with Gasteiger partial charge in [-0.1, -0.05) is 37.8 Å². The molecular weight excluding hydrogens is 467 g/mol. The molecule has 2 aromatic rings. The van der Waals surface area contributed by atoms with Crippen molar-refractivity contribution in [2.45, 2.75) is 70.1 Å².